The van der Waals surface area contributed by atoms with Crippen LogP contribution in [0, 0.1) is 29.1 Å². The van der Waals surface area contributed by atoms with Crippen LogP contribution in [0.5, 0.6) is 0 Å². The lowest BCUT2D eigenvalue weighted by molar-refractivity contribution is -0.146. The minimum atomic E-state index is -1.08. The third-order valence-electron chi connectivity index (χ3n) is 6.21. The molecule has 1 spiro atoms. The van der Waals surface area contributed by atoms with Crippen molar-refractivity contribution in [1.29, 1.82) is 5.26 Å². The van der Waals surface area contributed by atoms with Crippen molar-refractivity contribution in [2.75, 3.05) is 19.7 Å². The van der Waals surface area contributed by atoms with E-state index in [2.05, 4.69) is 6.92 Å². The first kappa shape index (κ1) is 17.6. The summed E-state index contributed by atoms with van der Waals surface area (Å²) in [6.07, 6.45) is 6.14. The number of ether oxygens (including phenoxy) is 1. The number of hydrogen-bond acceptors (Lipinski definition) is 4. The number of nitrogens with zero attached hydrogens (tertiary/aromatic N) is 2. The van der Waals surface area contributed by atoms with Gasteiger partial charge < -0.3 is 15.4 Å². The standard InChI is InChI=1S/C11H18O.C7H10FN3O/c1-8-4-9-6-11(2-3-12-11)7-10(9)5-8;8-5-1-6(2-9)11(4-5)7(12)3-10/h8-10H,2-7H2,1H3;5-6H,1,3-4,10H2/t8?,9-,10+,11?;5?,6-/m.0/s1. The summed E-state index contributed by atoms with van der Waals surface area (Å²) in [5, 5.41) is 8.55. The molecule has 4 rings (SSSR count). The lowest BCUT2D eigenvalue weighted by atomic mass is 9.89. The van der Waals surface area contributed by atoms with E-state index in [1.165, 1.54) is 37.0 Å². The zero-order valence-electron chi connectivity index (χ0n) is 14.4. The zero-order valence-corrected chi connectivity index (χ0v) is 14.4. The van der Waals surface area contributed by atoms with E-state index in [4.69, 9.17) is 15.7 Å². The summed E-state index contributed by atoms with van der Waals surface area (Å²) in [5.41, 5.74) is 5.49. The van der Waals surface area contributed by atoms with Gasteiger partial charge in [-0.15, -0.1) is 0 Å². The number of halogens is 1. The Kier molecular flexibility index (Phi) is 5.12. The van der Waals surface area contributed by atoms with Gasteiger partial charge >= 0.3 is 0 Å². The highest BCUT2D eigenvalue weighted by molar-refractivity contribution is 5.79. The molecule has 1 amide bonds. The first-order valence-electron chi connectivity index (χ1n) is 9.13. The lowest BCUT2D eigenvalue weighted by Gasteiger charge is -2.39. The van der Waals surface area contributed by atoms with Crippen molar-refractivity contribution in [3.05, 3.63) is 0 Å². The number of rotatable bonds is 1. The van der Waals surface area contributed by atoms with Crippen LogP contribution in [0.25, 0.3) is 0 Å². The van der Waals surface area contributed by atoms with Crippen molar-refractivity contribution in [3.8, 4) is 6.07 Å². The molecule has 24 heavy (non-hydrogen) atoms. The fraction of sp³-hybridized carbons (Fsp3) is 0.889. The van der Waals surface area contributed by atoms with Gasteiger partial charge in [0.15, 0.2) is 0 Å². The second-order valence-electron chi connectivity index (χ2n) is 8.01. The molecule has 5 nitrogen and oxygen atoms in total. The molecule has 3 unspecified atom stereocenters. The molecule has 2 aliphatic carbocycles. The van der Waals surface area contributed by atoms with Crippen LogP contribution in [0.15, 0.2) is 0 Å². The monoisotopic (exact) mass is 337 g/mol. The Hall–Kier alpha value is -1.19. The molecule has 4 aliphatic rings. The largest absolute Gasteiger partial charge is 0.375 e. The summed E-state index contributed by atoms with van der Waals surface area (Å²) < 4.78 is 18.5. The first-order chi connectivity index (χ1) is 11.5. The van der Waals surface area contributed by atoms with Gasteiger partial charge in [0.2, 0.25) is 5.91 Å². The third kappa shape index (κ3) is 3.43. The van der Waals surface area contributed by atoms with Crippen molar-refractivity contribution in [2.24, 2.45) is 23.5 Å². The molecule has 2 heterocycles. The lowest BCUT2D eigenvalue weighted by Crippen LogP contribution is -2.41. The summed E-state index contributed by atoms with van der Waals surface area (Å²) in [6, 6.07) is 1.24. The van der Waals surface area contributed by atoms with Crippen LogP contribution in [0.1, 0.15) is 45.4 Å². The van der Waals surface area contributed by atoms with Gasteiger partial charge in [-0.1, -0.05) is 6.92 Å². The molecule has 2 saturated carbocycles. The summed E-state index contributed by atoms with van der Waals surface area (Å²) in [5.74, 6) is 2.69. The van der Waals surface area contributed by atoms with E-state index in [0.717, 1.165) is 24.4 Å². The molecule has 2 aliphatic heterocycles. The topological polar surface area (TPSA) is 79.3 Å². The van der Waals surface area contributed by atoms with E-state index in [0.29, 0.717) is 5.60 Å². The normalized spacial score (nSPS) is 42.9. The Bertz CT molecular complexity index is 501. The molecule has 134 valence electrons. The van der Waals surface area contributed by atoms with E-state index >= 15 is 0 Å². The second kappa shape index (κ2) is 6.97. The number of amides is 1. The summed E-state index contributed by atoms with van der Waals surface area (Å²) in [7, 11) is 0. The first-order valence-corrected chi connectivity index (χ1v) is 9.13. The van der Waals surface area contributed by atoms with E-state index in [1.807, 2.05) is 6.07 Å². The number of alkyl halides is 1. The van der Waals surface area contributed by atoms with Gasteiger partial charge in [0.25, 0.3) is 0 Å². The number of nitriles is 1. The molecule has 0 aromatic carbocycles. The Morgan fingerprint density at radius 2 is 2.00 bits per heavy atom. The van der Waals surface area contributed by atoms with Crippen molar-refractivity contribution in [1.82, 2.24) is 4.90 Å². The average Bonchev–Trinajstić information content (AvgIpc) is 3.16. The van der Waals surface area contributed by atoms with Crippen molar-refractivity contribution < 1.29 is 13.9 Å². The van der Waals surface area contributed by atoms with Crippen LogP contribution >= 0.6 is 0 Å². The minimum absolute atomic E-state index is 0.00819. The predicted octanol–water partition coefficient (Wildman–Crippen LogP) is 2.01. The molecule has 2 saturated heterocycles. The zero-order chi connectivity index (χ0) is 17.3. The highest BCUT2D eigenvalue weighted by atomic mass is 19.1. The van der Waals surface area contributed by atoms with Crippen molar-refractivity contribution in [3.63, 3.8) is 0 Å². The van der Waals surface area contributed by atoms with Crippen LogP contribution in [-0.4, -0.2) is 48.3 Å². The fourth-order valence-corrected chi connectivity index (χ4v) is 5.07. The molecule has 0 aromatic rings. The minimum Gasteiger partial charge on any atom is -0.375 e. The number of fused-ring (bicyclic) bond motifs is 1. The van der Waals surface area contributed by atoms with Gasteiger partial charge in [-0.25, -0.2) is 4.39 Å². The van der Waals surface area contributed by atoms with Gasteiger partial charge in [0, 0.05) is 6.42 Å². The van der Waals surface area contributed by atoms with E-state index in [1.54, 1.807) is 0 Å². The molecule has 6 heteroatoms. The highest BCUT2D eigenvalue weighted by Crippen LogP contribution is 2.55. The van der Waals surface area contributed by atoms with Crippen LogP contribution in [0.4, 0.5) is 4.39 Å². The molecule has 0 bridgehead atoms. The maximum absolute atomic E-state index is 12.7. The molecule has 2 N–H and O–H groups in total. The number of hydrogen-bond donors (Lipinski definition) is 1. The Balaban J connectivity index is 0.000000141. The van der Waals surface area contributed by atoms with E-state index < -0.39 is 12.2 Å². The molecular formula is C18H28FN3O2. The maximum Gasteiger partial charge on any atom is 0.237 e. The Morgan fingerprint density at radius 1 is 1.38 bits per heavy atom. The molecule has 4 fully saturated rings. The quantitative estimate of drug-likeness (QED) is 0.794. The number of likely N-dealkylation sites (tertiary alicyclic amines) is 1. The SMILES string of the molecule is CC1C[C@@H]2CC3(CCO3)C[C@@H]2C1.N#C[C@@H]1CC(F)CN1C(=O)CN. The average molecular weight is 337 g/mol. The smallest absolute Gasteiger partial charge is 0.237 e. The van der Waals surface area contributed by atoms with Gasteiger partial charge in [0.1, 0.15) is 12.2 Å². The van der Waals surface area contributed by atoms with Gasteiger partial charge in [-0.3, -0.25) is 4.79 Å². The molecule has 0 aromatic heterocycles. The van der Waals surface area contributed by atoms with Gasteiger partial charge in [-0.05, 0) is 49.9 Å². The predicted molar refractivity (Wildman–Crippen MR) is 87.6 cm³/mol. The summed E-state index contributed by atoms with van der Waals surface area (Å²) >= 11 is 0. The van der Waals surface area contributed by atoms with Gasteiger partial charge in [-0.2, -0.15) is 5.26 Å². The van der Waals surface area contributed by atoms with Crippen LogP contribution in [-0.2, 0) is 9.53 Å². The molecule has 0 radical (unpaired) electrons. The van der Waals surface area contributed by atoms with E-state index in [9.17, 15) is 9.18 Å². The Morgan fingerprint density at radius 3 is 2.46 bits per heavy atom. The number of nitrogens with two attached hydrogens (primary N) is 1. The van der Waals surface area contributed by atoms with Crippen molar-refractivity contribution in [2.45, 2.75) is 63.3 Å². The van der Waals surface area contributed by atoms with Crippen LogP contribution in [0.3, 0.4) is 0 Å². The van der Waals surface area contributed by atoms with E-state index in [-0.39, 0.29) is 25.4 Å². The van der Waals surface area contributed by atoms with Crippen molar-refractivity contribution >= 4 is 5.91 Å². The molecule has 6 atom stereocenters. The fourth-order valence-electron chi connectivity index (χ4n) is 5.07. The highest BCUT2D eigenvalue weighted by Gasteiger charge is 2.52. The number of carbonyl (C=O) groups excluding carboxylic acids is 1. The third-order valence-corrected chi connectivity index (χ3v) is 6.21. The summed E-state index contributed by atoms with van der Waals surface area (Å²) in [4.78, 5) is 12.2. The Labute approximate surface area is 143 Å². The van der Waals surface area contributed by atoms with Crippen LogP contribution in [0.2, 0.25) is 0 Å². The maximum atomic E-state index is 12.7. The van der Waals surface area contributed by atoms with Gasteiger partial charge in [0.05, 0.1) is 31.4 Å². The summed E-state index contributed by atoms with van der Waals surface area (Å²) in [6.45, 7) is 3.29. The number of carbonyl (C=O) groups is 1. The van der Waals surface area contributed by atoms with Crippen LogP contribution < -0.4 is 5.73 Å². The molecular weight excluding hydrogens is 309 g/mol. The second-order valence-corrected chi connectivity index (χ2v) is 8.01.